The minimum Gasteiger partial charge on any atom is -0.480 e. The Morgan fingerprint density at radius 1 is 0.822 bits per heavy atom. The number of amides is 2. The Bertz CT molecular complexity index is 1520. The van der Waals surface area contributed by atoms with Crippen molar-refractivity contribution in [2.24, 2.45) is 5.73 Å². The van der Waals surface area contributed by atoms with E-state index in [0.29, 0.717) is 24.3 Å². The van der Waals surface area contributed by atoms with Gasteiger partial charge in [0.2, 0.25) is 5.91 Å². The Morgan fingerprint density at radius 3 is 1.89 bits per heavy atom. The highest BCUT2D eigenvalue weighted by molar-refractivity contribution is 6.03. The number of nitrogens with zero attached hydrogens (tertiary/aromatic N) is 1. The van der Waals surface area contributed by atoms with Crippen LogP contribution in [0.4, 0.5) is 0 Å². The smallest absolute Gasteiger partial charge is 0.377 e. The zero-order valence-corrected chi connectivity index (χ0v) is 24.1. The van der Waals surface area contributed by atoms with Gasteiger partial charge in [-0.25, -0.2) is 9.59 Å². The number of para-hydroxylation sites is 1. The lowest BCUT2D eigenvalue weighted by atomic mass is 9.85. The van der Waals surface area contributed by atoms with Crippen LogP contribution in [0, 0.1) is 0 Å². The molecule has 0 saturated carbocycles. The van der Waals surface area contributed by atoms with Gasteiger partial charge in [0.1, 0.15) is 18.0 Å². The molecule has 4 atom stereocenters. The fourth-order valence-electron chi connectivity index (χ4n) is 5.20. The van der Waals surface area contributed by atoms with Crippen molar-refractivity contribution >= 4 is 29.7 Å². The largest absolute Gasteiger partial charge is 0.480 e. The molecule has 3 aromatic carbocycles. The van der Waals surface area contributed by atoms with E-state index in [1.54, 1.807) is 43.3 Å². The highest BCUT2D eigenvalue weighted by Crippen LogP contribution is 2.35. The van der Waals surface area contributed by atoms with E-state index < -0.39 is 66.2 Å². The summed E-state index contributed by atoms with van der Waals surface area (Å²) in [6, 6.07) is 24.8. The van der Waals surface area contributed by atoms with E-state index in [-0.39, 0.29) is 0 Å². The number of carboxylic acid groups (broad SMARTS) is 3. The molecule has 1 heterocycles. The number of carbonyl (C=O) groups is 5. The highest BCUT2D eigenvalue weighted by atomic mass is 16.8. The average Bonchev–Trinajstić information content (AvgIpc) is 3.45. The number of ether oxygens (including phenoxy) is 3. The quantitative estimate of drug-likeness (QED) is 0.193. The van der Waals surface area contributed by atoms with Crippen molar-refractivity contribution in [2.75, 3.05) is 6.54 Å². The molecule has 236 valence electrons. The highest BCUT2D eigenvalue weighted by Gasteiger charge is 2.64. The standard InChI is InChI=1S/C32H32N2O11/c1-19(34(18-25(35)36)29(38)27-26(28(33)37)44-32(45-27,30(39)40)31(41)42)24(17-12-20-8-4-2-5-9-20)21-13-15-23(16-14-21)43-22-10-6-3-7-11-22/h2-11,13-16,19,24,26-27H,12,17-18H2,1H3,(H2,33,37)(H,35,36)(H,39,40)(H,41,42)/t19-,24+,26+,27+/m1/s1. The van der Waals surface area contributed by atoms with E-state index in [9.17, 15) is 39.3 Å². The molecule has 13 nitrogen and oxygen atoms in total. The van der Waals surface area contributed by atoms with Gasteiger partial charge in [0.15, 0.2) is 12.2 Å². The molecule has 5 N–H and O–H groups in total. The van der Waals surface area contributed by atoms with Gasteiger partial charge in [-0.2, -0.15) is 0 Å². The molecule has 4 rings (SSSR count). The SMILES string of the molecule is C[C@H]([C@H](CCc1ccccc1)c1ccc(Oc2ccccc2)cc1)N(CC(=O)O)C(=O)[C@H]1OC(C(=O)O)(C(=O)O)O[C@@H]1C(N)=O. The molecule has 2 amide bonds. The molecule has 45 heavy (non-hydrogen) atoms. The molecule has 1 aliphatic rings. The number of carboxylic acids is 3. The molecule has 0 unspecified atom stereocenters. The van der Waals surface area contributed by atoms with Gasteiger partial charge >= 0.3 is 23.7 Å². The van der Waals surface area contributed by atoms with E-state index in [0.717, 1.165) is 16.0 Å². The van der Waals surface area contributed by atoms with Gasteiger partial charge in [0.25, 0.3) is 5.91 Å². The number of hydrogen-bond donors (Lipinski definition) is 4. The summed E-state index contributed by atoms with van der Waals surface area (Å²) in [5.74, 6) is -11.0. The number of carbonyl (C=O) groups excluding carboxylic acids is 2. The van der Waals surface area contributed by atoms with Crippen molar-refractivity contribution in [3.05, 3.63) is 96.1 Å². The second-order valence-corrected chi connectivity index (χ2v) is 10.4. The number of primary amides is 1. The van der Waals surface area contributed by atoms with Crippen LogP contribution >= 0.6 is 0 Å². The van der Waals surface area contributed by atoms with E-state index in [1.165, 1.54) is 0 Å². The van der Waals surface area contributed by atoms with Gasteiger partial charge in [-0.3, -0.25) is 14.4 Å². The molecular weight excluding hydrogens is 588 g/mol. The maximum absolute atomic E-state index is 13.9. The van der Waals surface area contributed by atoms with Crippen molar-refractivity contribution in [3.8, 4) is 11.5 Å². The first-order chi connectivity index (χ1) is 21.4. The maximum atomic E-state index is 13.9. The lowest BCUT2D eigenvalue weighted by Gasteiger charge is -2.36. The van der Waals surface area contributed by atoms with Crippen LogP contribution in [0.1, 0.15) is 30.4 Å². The number of rotatable bonds is 14. The molecule has 1 aliphatic heterocycles. The predicted molar refractivity (Wildman–Crippen MR) is 156 cm³/mol. The fourth-order valence-corrected chi connectivity index (χ4v) is 5.20. The predicted octanol–water partition coefficient (Wildman–Crippen LogP) is 2.63. The van der Waals surface area contributed by atoms with Crippen molar-refractivity contribution in [3.63, 3.8) is 0 Å². The van der Waals surface area contributed by atoms with Crippen molar-refractivity contribution in [1.82, 2.24) is 4.90 Å². The van der Waals surface area contributed by atoms with Gasteiger partial charge in [-0.1, -0.05) is 60.7 Å². The van der Waals surface area contributed by atoms with Crippen LogP contribution in [0.2, 0.25) is 0 Å². The molecule has 13 heteroatoms. The Morgan fingerprint density at radius 2 is 1.36 bits per heavy atom. The molecular formula is C32H32N2O11. The van der Waals surface area contributed by atoms with Gasteiger partial charge in [0.05, 0.1) is 0 Å². The van der Waals surface area contributed by atoms with Crippen LogP contribution in [0.5, 0.6) is 11.5 Å². The Labute approximate surface area is 257 Å². The molecule has 3 aromatic rings. The molecule has 1 fully saturated rings. The topological polar surface area (TPSA) is 203 Å². The number of benzene rings is 3. The summed E-state index contributed by atoms with van der Waals surface area (Å²) < 4.78 is 15.9. The summed E-state index contributed by atoms with van der Waals surface area (Å²) in [5.41, 5.74) is 7.04. The van der Waals surface area contributed by atoms with Crippen LogP contribution in [-0.4, -0.2) is 80.5 Å². The first kappa shape index (κ1) is 32.6. The zero-order valence-electron chi connectivity index (χ0n) is 24.1. The van der Waals surface area contributed by atoms with Crippen LogP contribution < -0.4 is 10.5 Å². The third kappa shape index (κ3) is 7.45. The Kier molecular flexibility index (Phi) is 10.2. The first-order valence-corrected chi connectivity index (χ1v) is 13.9. The van der Waals surface area contributed by atoms with Crippen molar-refractivity contribution in [1.29, 1.82) is 0 Å². The van der Waals surface area contributed by atoms with Crippen LogP contribution in [0.25, 0.3) is 0 Å². The summed E-state index contributed by atoms with van der Waals surface area (Å²) >= 11 is 0. The third-order valence-corrected chi connectivity index (χ3v) is 7.48. The van der Waals surface area contributed by atoms with Crippen molar-refractivity contribution < 1.29 is 53.5 Å². The number of nitrogens with two attached hydrogens (primary N) is 1. The number of hydrogen-bond acceptors (Lipinski definition) is 8. The van der Waals surface area contributed by atoms with Gasteiger partial charge in [-0.15, -0.1) is 0 Å². The van der Waals surface area contributed by atoms with Gasteiger partial charge < -0.3 is 40.2 Å². The molecule has 0 aromatic heterocycles. The molecule has 0 aliphatic carbocycles. The molecule has 1 saturated heterocycles. The minimum absolute atomic E-state index is 0.433. The first-order valence-electron chi connectivity index (χ1n) is 13.9. The van der Waals surface area contributed by atoms with Gasteiger partial charge in [0, 0.05) is 12.0 Å². The second-order valence-electron chi connectivity index (χ2n) is 10.4. The van der Waals surface area contributed by atoms with E-state index >= 15 is 0 Å². The van der Waals surface area contributed by atoms with Gasteiger partial charge in [-0.05, 0) is 55.2 Å². The Balaban J connectivity index is 1.68. The summed E-state index contributed by atoms with van der Waals surface area (Å²) in [7, 11) is 0. The second kappa shape index (κ2) is 14.0. The third-order valence-electron chi connectivity index (χ3n) is 7.48. The van der Waals surface area contributed by atoms with Crippen LogP contribution in [0.15, 0.2) is 84.9 Å². The lowest BCUT2D eigenvalue weighted by molar-refractivity contribution is -0.220. The lowest BCUT2D eigenvalue weighted by Crippen LogP contribution is -2.53. The zero-order chi connectivity index (χ0) is 32.7. The summed E-state index contributed by atoms with van der Waals surface area (Å²) in [6.07, 6.45) is -3.29. The summed E-state index contributed by atoms with van der Waals surface area (Å²) in [5, 5.41) is 28.8. The number of aryl methyl sites for hydroxylation is 1. The molecule has 0 radical (unpaired) electrons. The average molecular weight is 621 g/mol. The monoisotopic (exact) mass is 620 g/mol. The van der Waals surface area contributed by atoms with Crippen LogP contribution in [-0.2, 0) is 39.9 Å². The fraction of sp³-hybridized carbons (Fsp3) is 0.281. The minimum atomic E-state index is -3.40. The van der Waals surface area contributed by atoms with E-state index in [2.05, 4.69) is 0 Å². The number of aliphatic carboxylic acids is 3. The summed E-state index contributed by atoms with van der Waals surface area (Å²) in [6.45, 7) is 0.719. The molecule has 0 spiro atoms. The maximum Gasteiger partial charge on any atom is 0.377 e. The normalized spacial score (nSPS) is 18.3. The van der Waals surface area contributed by atoms with E-state index in [4.69, 9.17) is 19.9 Å². The molecule has 0 bridgehead atoms. The van der Waals surface area contributed by atoms with Crippen molar-refractivity contribution in [2.45, 2.75) is 49.7 Å². The summed E-state index contributed by atoms with van der Waals surface area (Å²) in [4.78, 5) is 62.6. The Hall–Kier alpha value is -5.27. The van der Waals surface area contributed by atoms with Crippen LogP contribution in [0.3, 0.4) is 0 Å². The van der Waals surface area contributed by atoms with E-state index in [1.807, 2.05) is 48.5 Å².